The molecule has 1 aromatic carbocycles. The summed E-state index contributed by atoms with van der Waals surface area (Å²) in [5, 5.41) is 11.3. The van der Waals surface area contributed by atoms with Crippen molar-refractivity contribution in [2.45, 2.75) is 47.1 Å². The van der Waals surface area contributed by atoms with Crippen LogP contribution in [0.1, 0.15) is 38.2 Å². The Morgan fingerprint density at radius 2 is 1.94 bits per heavy atom. The van der Waals surface area contributed by atoms with Crippen molar-refractivity contribution in [1.29, 1.82) is 5.26 Å². The third-order valence-electron chi connectivity index (χ3n) is 6.21. The number of pyridine rings is 1. The Balaban J connectivity index is 1.76. The maximum atomic E-state index is 13.1. The summed E-state index contributed by atoms with van der Waals surface area (Å²) in [6.07, 6.45) is 6.21. The number of hydrogen-bond donors (Lipinski definition) is 2. The van der Waals surface area contributed by atoms with E-state index in [0.29, 0.717) is 23.3 Å². The fraction of sp³-hybridized carbons (Fsp3) is 0.417. The molecular formula is C24H28N4O4S2. The van der Waals surface area contributed by atoms with Crippen molar-refractivity contribution in [3.8, 4) is 6.07 Å². The Labute approximate surface area is 204 Å². The standard InChI is InChI=1S/C24H28N4O4S2/c1-24(23(26)30,18-6-4-13-27-15-18)33-19-8-10-20(11-9-19)34(31,32)16-17-5-2-3-7-21(17)22(29)28-14-12-25/h4,6,8-11,13,15,17,21H,2-3,5,7,14,16H2,1H3,(H2,26,30)(H,28,29)/t17-,21+,24?/m1/s1. The lowest BCUT2D eigenvalue weighted by Gasteiger charge is -2.30. The minimum atomic E-state index is -3.63. The van der Waals surface area contributed by atoms with Crippen molar-refractivity contribution in [3.63, 3.8) is 0 Å². The molecule has 1 aliphatic rings. The van der Waals surface area contributed by atoms with Crippen molar-refractivity contribution < 1.29 is 18.0 Å². The monoisotopic (exact) mass is 500 g/mol. The number of amides is 2. The van der Waals surface area contributed by atoms with Gasteiger partial charge >= 0.3 is 0 Å². The predicted octanol–water partition coefficient (Wildman–Crippen LogP) is 2.79. The van der Waals surface area contributed by atoms with Gasteiger partial charge in [0.05, 0.1) is 16.7 Å². The smallest absolute Gasteiger partial charge is 0.238 e. The first kappa shape index (κ1) is 25.7. The molecule has 0 aliphatic heterocycles. The van der Waals surface area contributed by atoms with Gasteiger partial charge in [0, 0.05) is 23.2 Å². The van der Waals surface area contributed by atoms with Gasteiger partial charge in [-0.3, -0.25) is 14.6 Å². The molecule has 3 N–H and O–H groups in total. The van der Waals surface area contributed by atoms with Crippen LogP contribution in [0.3, 0.4) is 0 Å². The number of primary amides is 1. The summed E-state index contributed by atoms with van der Waals surface area (Å²) >= 11 is 1.23. The second kappa shape index (κ2) is 11.0. The fourth-order valence-electron chi connectivity index (χ4n) is 4.24. The average Bonchev–Trinajstić information content (AvgIpc) is 2.83. The molecular weight excluding hydrogens is 472 g/mol. The Morgan fingerprint density at radius 3 is 2.56 bits per heavy atom. The van der Waals surface area contributed by atoms with E-state index in [1.165, 1.54) is 23.9 Å². The summed E-state index contributed by atoms with van der Waals surface area (Å²) in [6, 6.07) is 11.8. The molecule has 2 amide bonds. The predicted molar refractivity (Wildman–Crippen MR) is 129 cm³/mol. The molecule has 0 bridgehead atoms. The molecule has 1 saturated carbocycles. The highest BCUT2D eigenvalue weighted by Gasteiger charge is 2.36. The van der Waals surface area contributed by atoms with Gasteiger partial charge in [-0.2, -0.15) is 5.26 Å². The molecule has 180 valence electrons. The number of carbonyl (C=O) groups is 2. The van der Waals surface area contributed by atoms with E-state index in [2.05, 4.69) is 10.3 Å². The van der Waals surface area contributed by atoms with Crippen LogP contribution in [0.15, 0.2) is 58.6 Å². The molecule has 1 aliphatic carbocycles. The number of rotatable bonds is 9. The molecule has 3 atom stereocenters. The van der Waals surface area contributed by atoms with Gasteiger partial charge in [0.25, 0.3) is 0 Å². The largest absolute Gasteiger partial charge is 0.368 e. The Morgan fingerprint density at radius 1 is 1.24 bits per heavy atom. The molecule has 0 saturated heterocycles. The lowest BCUT2D eigenvalue weighted by molar-refractivity contribution is -0.127. The van der Waals surface area contributed by atoms with Crippen molar-refractivity contribution in [3.05, 3.63) is 54.4 Å². The average molecular weight is 501 g/mol. The van der Waals surface area contributed by atoms with E-state index < -0.39 is 26.4 Å². The van der Waals surface area contributed by atoms with Crippen molar-refractivity contribution in [2.75, 3.05) is 12.3 Å². The van der Waals surface area contributed by atoms with Crippen LogP contribution in [0.5, 0.6) is 0 Å². The number of nitrogens with one attached hydrogen (secondary N) is 1. The van der Waals surface area contributed by atoms with E-state index in [1.807, 2.05) is 6.07 Å². The maximum absolute atomic E-state index is 13.1. The molecule has 1 fully saturated rings. The van der Waals surface area contributed by atoms with Crippen LogP contribution in [0.2, 0.25) is 0 Å². The zero-order valence-electron chi connectivity index (χ0n) is 18.9. The topological polar surface area (TPSA) is 143 Å². The number of benzene rings is 1. The third kappa shape index (κ3) is 5.96. The minimum Gasteiger partial charge on any atom is -0.368 e. The van der Waals surface area contributed by atoms with Crippen LogP contribution in [-0.4, -0.2) is 37.5 Å². The summed E-state index contributed by atoms with van der Waals surface area (Å²) < 4.78 is 25.2. The number of aromatic nitrogens is 1. The number of nitrogens with two attached hydrogens (primary N) is 1. The highest BCUT2D eigenvalue weighted by atomic mass is 32.2. The maximum Gasteiger partial charge on any atom is 0.238 e. The van der Waals surface area contributed by atoms with Crippen molar-refractivity contribution in [2.24, 2.45) is 17.6 Å². The highest BCUT2D eigenvalue weighted by Crippen LogP contribution is 2.41. The van der Waals surface area contributed by atoms with Gasteiger partial charge in [-0.15, -0.1) is 11.8 Å². The second-order valence-electron chi connectivity index (χ2n) is 8.52. The number of sulfone groups is 1. The molecule has 0 spiro atoms. The lowest BCUT2D eigenvalue weighted by atomic mass is 9.80. The third-order valence-corrected chi connectivity index (χ3v) is 9.42. The number of carbonyl (C=O) groups excluding carboxylic acids is 2. The van der Waals surface area contributed by atoms with Gasteiger partial charge in [-0.05, 0) is 61.6 Å². The summed E-state index contributed by atoms with van der Waals surface area (Å²) in [5.74, 6) is -1.62. The molecule has 1 heterocycles. The van der Waals surface area contributed by atoms with E-state index in [9.17, 15) is 18.0 Å². The SMILES string of the molecule is CC(Sc1ccc(S(=O)(=O)C[C@H]2CCCC[C@@H]2C(=O)NCC#N)cc1)(C(N)=O)c1cccnc1. The fourth-order valence-corrected chi connectivity index (χ4v) is 7.02. The van der Waals surface area contributed by atoms with Gasteiger partial charge in [-0.1, -0.05) is 18.9 Å². The van der Waals surface area contributed by atoms with Gasteiger partial charge in [-0.25, -0.2) is 8.42 Å². The Kier molecular flexibility index (Phi) is 8.33. The number of thioether (sulfide) groups is 1. The van der Waals surface area contributed by atoms with Gasteiger partial charge < -0.3 is 11.1 Å². The lowest BCUT2D eigenvalue weighted by Crippen LogP contribution is -2.39. The zero-order valence-corrected chi connectivity index (χ0v) is 20.6. The Hall–Kier alpha value is -2.90. The van der Waals surface area contributed by atoms with Gasteiger partial charge in [0.1, 0.15) is 11.3 Å². The van der Waals surface area contributed by atoms with Crippen LogP contribution in [0.25, 0.3) is 0 Å². The Bertz CT molecular complexity index is 1160. The summed E-state index contributed by atoms with van der Waals surface area (Å²) in [6.45, 7) is 1.62. The molecule has 8 nitrogen and oxygen atoms in total. The van der Waals surface area contributed by atoms with E-state index in [4.69, 9.17) is 11.0 Å². The summed E-state index contributed by atoms with van der Waals surface area (Å²) in [5.41, 5.74) is 6.34. The highest BCUT2D eigenvalue weighted by molar-refractivity contribution is 8.01. The van der Waals surface area contributed by atoms with Gasteiger partial charge in [0.2, 0.25) is 11.8 Å². The van der Waals surface area contributed by atoms with Crippen LogP contribution in [0, 0.1) is 23.2 Å². The van der Waals surface area contributed by atoms with Crippen LogP contribution in [-0.2, 0) is 24.2 Å². The number of nitrogens with zero attached hydrogens (tertiary/aromatic N) is 2. The molecule has 10 heteroatoms. The van der Waals surface area contributed by atoms with E-state index in [0.717, 1.165) is 12.8 Å². The second-order valence-corrected chi connectivity index (χ2v) is 12.0. The van der Waals surface area contributed by atoms with E-state index >= 15 is 0 Å². The molecule has 3 rings (SSSR count). The van der Waals surface area contributed by atoms with E-state index in [-0.39, 0.29) is 29.0 Å². The zero-order chi connectivity index (χ0) is 24.8. The quantitative estimate of drug-likeness (QED) is 0.398. The van der Waals surface area contributed by atoms with Crippen molar-refractivity contribution >= 4 is 33.4 Å². The summed E-state index contributed by atoms with van der Waals surface area (Å²) in [4.78, 5) is 29.6. The number of hydrogen-bond acceptors (Lipinski definition) is 7. The molecule has 2 aromatic rings. The first-order valence-corrected chi connectivity index (χ1v) is 13.5. The first-order valence-electron chi connectivity index (χ1n) is 11.0. The van der Waals surface area contributed by atoms with Crippen LogP contribution >= 0.6 is 11.8 Å². The van der Waals surface area contributed by atoms with Crippen molar-refractivity contribution in [1.82, 2.24) is 10.3 Å². The number of nitriles is 1. The first-order chi connectivity index (χ1) is 16.2. The van der Waals surface area contributed by atoms with Crippen LogP contribution in [0.4, 0.5) is 0 Å². The molecule has 34 heavy (non-hydrogen) atoms. The summed E-state index contributed by atoms with van der Waals surface area (Å²) in [7, 11) is -3.63. The van der Waals surface area contributed by atoms with E-state index in [1.54, 1.807) is 43.6 Å². The van der Waals surface area contributed by atoms with Gasteiger partial charge in [0.15, 0.2) is 9.84 Å². The minimum absolute atomic E-state index is 0.0861. The van der Waals surface area contributed by atoms with Crippen LogP contribution < -0.4 is 11.1 Å². The molecule has 1 aromatic heterocycles. The molecule has 1 unspecified atom stereocenters. The normalized spacial score (nSPS) is 20.0. The molecule has 0 radical (unpaired) electrons.